The lowest BCUT2D eigenvalue weighted by Gasteiger charge is -2.14. The molecule has 0 unspecified atom stereocenters. The second kappa shape index (κ2) is 9.07. The van der Waals surface area contributed by atoms with Crippen LogP contribution in [0.2, 0.25) is 0 Å². The van der Waals surface area contributed by atoms with Gasteiger partial charge >= 0.3 is 5.97 Å². The van der Waals surface area contributed by atoms with Crippen LogP contribution >= 0.6 is 15.9 Å². The number of benzene rings is 3. The zero-order valence-electron chi connectivity index (χ0n) is 15.0. The molecule has 0 atom stereocenters. The quantitative estimate of drug-likeness (QED) is 0.395. The number of nitriles is 1. The summed E-state index contributed by atoms with van der Waals surface area (Å²) in [5.74, 6) is 0.483. The van der Waals surface area contributed by atoms with E-state index in [-0.39, 0.29) is 16.9 Å². The monoisotopic (exact) mass is 437 g/mol. The maximum absolute atomic E-state index is 12.5. The predicted molar refractivity (Wildman–Crippen MR) is 108 cm³/mol. The van der Waals surface area contributed by atoms with Crippen molar-refractivity contribution in [2.24, 2.45) is 0 Å². The van der Waals surface area contributed by atoms with E-state index in [1.807, 2.05) is 36.4 Å². The van der Waals surface area contributed by atoms with Gasteiger partial charge < -0.3 is 14.2 Å². The van der Waals surface area contributed by atoms with Crippen LogP contribution in [0.5, 0.6) is 17.2 Å². The number of hydrogen-bond donors (Lipinski definition) is 0. The molecule has 3 aromatic carbocycles. The molecule has 0 aliphatic rings. The topological polar surface area (TPSA) is 68.5 Å². The Morgan fingerprint density at radius 3 is 2.46 bits per heavy atom. The standard InChI is InChI=1S/C22H16BrNO4/c1-26-20-12-17(22(25)28-19-10-6-5-9-16(19)13-24)11-18(23)21(20)27-14-15-7-3-2-4-8-15/h2-12H,14H2,1H3. The van der Waals surface area contributed by atoms with Crippen molar-refractivity contribution < 1.29 is 19.0 Å². The second-order valence-corrected chi connectivity index (χ2v) is 6.62. The predicted octanol–water partition coefficient (Wildman–Crippen LogP) is 5.13. The molecule has 0 amide bonds. The van der Waals surface area contributed by atoms with Gasteiger partial charge in [0.2, 0.25) is 0 Å². The molecule has 6 heteroatoms. The Morgan fingerprint density at radius 1 is 1.04 bits per heavy atom. The van der Waals surface area contributed by atoms with Gasteiger partial charge in [-0.1, -0.05) is 42.5 Å². The van der Waals surface area contributed by atoms with Crippen LogP contribution in [0.15, 0.2) is 71.2 Å². The summed E-state index contributed by atoms with van der Waals surface area (Å²) in [7, 11) is 1.50. The number of para-hydroxylation sites is 1. The summed E-state index contributed by atoms with van der Waals surface area (Å²) in [5.41, 5.74) is 1.56. The molecule has 5 nitrogen and oxygen atoms in total. The average molecular weight is 438 g/mol. The molecule has 3 aromatic rings. The van der Waals surface area contributed by atoms with Crippen LogP contribution in [0, 0.1) is 11.3 Å². The molecule has 140 valence electrons. The highest BCUT2D eigenvalue weighted by Gasteiger charge is 2.18. The third-order valence-corrected chi connectivity index (χ3v) is 4.49. The van der Waals surface area contributed by atoms with E-state index in [0.717, 1.165) is 5.56 Å². The maximum atomic E-state index is 12.5. The lowest BCUT2D eigenvalue weighted by atomic mass is 10.2. The van der Waals surface area contributed by atoms with Gasteiger partial charge in [0.25, 0.3) is 0 Å². The van der Waals surface area contributed by atoms with E-state index < -0.39 is 5.97 Å². The van der Waals surface area contributed by atoms with E-state index >= 15 is 0 Å². The summed E-state index contributed by atoms with van der Waals surface area (Å²) in [4.78, 5) is 12.5. The Balaban J connectivity index is 1.82. The van der Waals surface area contributed by atoms with Crippen molar-refractivity contribution in [3.8, 4) is 23.3 Å². The molecule has 0 aromatic heterocycles. The number of esters is 1. The van der Waals surface area contributed by atoms with Gasteiger partial charge in [-0.25, -0.2) is 4.79 Å². The lowest BCUT2D eigenvalue weighted by Crippen LogP contribution is -2.10. The van der Waals surface area contributed by atoms with Crippen LogP contribution in [-0.2, 0) is 6.61 Å². The molecule has 0 aliphatic heterocycles. The highest BCUT2D eigenvalue weighted by molar-refractivity contribution is 9.10. The Morgan fingerprint density at radius 2 is 1.75 bits per heavy atom. The number of hydrogen-bond acceptors (Lipinski definition) is 5. The first-order valence-electron chi connectivity index (χ1n) is 8.38. The molecule has 0 N–H and O–H groups in total. The minimum absolute atomic E-state index is 0.203. The highest BCUT2D eigenvalue weighted by Crippen LogP contribution is 2.37. The SMILES string of the molecule is COc1cc(C(=O)Oc2ccccc2C#N)cc(Br)c1OCc1ccccc1. The van der Waals surface area contributed by atoms with Crippen molar-refractivity contribution in [2.75, 3.05) is 7.11 Å². The number of carbonyl (C=O) groups is 1. The molecule has 0 heterocycles. The van der Waals surface area contributed by atoms with Gasteiger partial charge in [-0.2, -0.15) is 5.26 Å². The molecule has 0 spiro atoms. The molecule has 0 saturated carbocycles. The van der Waals surface area contributed by atoms with Crippen LogP contribution in [0.3, 0.4) is 0 Å². The van der Waals surface area contributed by atoms with Gasteiger partial charge in [-0.3, -0.25) is 0 Å². The van der Waals surface area contributed by atoms with Crippen LogP contribution < -0.4 is 14.2 Å². The normalized spacial score (nSPS) is 10.0. The third kappa shape index (κ3) is 4.51. The summed E-state index contributed by atoms with van der Waals surface area (Å²) in [5, 5.41) is 9.13. The summed E-state index contributed by atoms with van der Waals surface area (Å²) in [6, 6.07) is 21.4. The first kappa shape index (κ1) is 19.5. The van der Waals surface area contributed by atoms with Crippen LogP contribution in [-0.4, -0.2) is 13.1 Å². The zero-order valence-corrected chi connectivity index (χ0v) is 16.6. The van der Waals surface area contributed by atoms with E-state index in [9.17, 15) is 4.79 Å². The molecular weight excluding hydrogens is 422 g/mol. The van der Waals surface area contributed by atoms with Crippen molar-refractivity contribution >= 4 is 21.9 Å². The van der Waals surface area contributed by atoms with Gasteiger partial charge in [-0.05, 0) is 45.8 Å². The van der Waals surface area contributed by atoms with Crippen LogP contribution in [0.1, 0.15) is 21.5 Å². The smallest absolute Gasteiger partial charge is 0.343 e. The fraction of sp³-hybridized carbons (Fsp3) is 0.0909. The Kier molecular flexibility index (Phi) is 6.30. The van der Waals surface area contributed by atoms with Crippen molar-refractivity contribution in [3.05, 3.63) is 87.9 Å². The number of nitrogens with zero attached hydrogens (tertiary/aromatic N) is 1. The second-order valence-electron chi connectivity index (χ2n) is 5.76. The summed E-state index contributed by atoms with van der Waals surface area (Å²) in [6.07, 6.45) is 0. The molecule has 3 rings (SSSR count). The number of methoxy groups -OCH3 is 1. The van der Waals surface area contributed by atoms with Gasteiger partial charge in [0.05, 0.1) is 22.7 Å². The maximum Gasteiger partial charge on any atom is 0.343 e. The number of ether oxygens (including phenoxy) is 3. The summed E-state index contributed by atoms with van der Waals surface area (Å²) >= 11 is 3.43. The van der Waals surface area contributed by atoms with Crippen molar-refractivity contribution in [1.29, 1.82) is 5.26 Å². The van der Waals surface area contributed by atoms with Crippen molar-refractivity contribution in [3.63, 3.8) is 0 Å². The van der Waals surface area contributed by atoms with Crippen molar-refractivity contribution in [1.82, 2.24) is 0 Å². The zero-order chi connectivity index (χ0) is 19.9. The molecule has 28 heavy (non-hydrogen) atoms. The summed E-state index contributed by atoms with van der Waals surface area (Å²) in [6.45, 7) is 0.356. The third-order valence-electron chi connectivity index (χ3n) is 3.90. The molecule has 0 radical (unpaired) electrons. The van der Waals surface area contributed by atoms with E-state index in [1.165, 1.54) is 7.11 Å². The largest absolute Gasteiger partial charge is 0.493 e. The van der Waals surface area contributed by atoms with Gasteiger partial charge in [0.15, 0.2) is 11.5 Å². The highest BCUT2D eigenvalue weighted by atomic mass is 79.9. The molecule has 0 saturated heterocycles. The van der Waals surface area contributed by atoms with E-state index in [0.29, 0.717) is 22.6 Å². The number of carbonyl (C=O) groups excluding carboxylic acids is 1. The van der Waals surface area contributed by atoms with E-state index in [2.05, 4.69) is 15.9 Å². The minimum atomic E-state index is -0.601. The average Bonchev–Trinajstić information content (AvgIpc) is 2.73. The lowest BCUT2D eigenvalue weighted by molar-refractivity contribution is 0.0733. The first-order chi connectivity index (χ1) is 13.6. The van der Waals surface area contributed by atoms with Gasteiger partial charge in [0.1, 0.15) is 18.4 Å². The first-order valence-corrected chi connectivity index (χ1v) is 9.17. The van der Waals surface area contributed by atoms with Crippen LogP contribution in [0.4, 0.5) is 0 Å². The fourth-order valence-electron chi connectivity index (χ4n) is 2.51. The number of halogens is 1. The summed E-state index contributed by atoms with van der Waals surface area (Å²) < 4.78 is 17.2. The molecule has 0 aliphatic carbocycles. The Labute approximate surface area is 171 Å². The molecule has 0 bridgehead atoms. The van der Waals surface area contributed by atoms with Gasteiger partial charge in [-0.15, -0.1) is 0 Å². The molecule has 0 fully saturated rings. The van der Waals surface area contributed by atoms with Gasteiger partial charge in [0, 0.05) is 0 Å². The van der Waals surface area contributed by atoms with E-state index in [4.69, 9.17) is 19.5 Å². The Bertz CT molecular complexity index is 1030. The minimum Gasteiger partial charge on any atom is -0.493 e. The number of rotatable bonds is 6. The molecular formula is C22H16BrNO4. The van der Waals surface area contributed by atoms with Crippen LogP contribution in [0.25, 0.3) is 0 Å². The fourth-order valence-corrected chi connectivity index (χ4v) is 3.07. The van der Waals surface area contributed by atoms with E-state index in [1.54, 1.807) is 36.4 Å². The van der Waals surface area contributed by atoms with Crippen molar-refractivity contribution in [2.45, 2.75) is 6.61 Å². The Hall–Kier alpha value is -3.30.